The maximum absolute atomic E-state index is 12.2. The van der Waals surface area contributed by atoms with Crippen LogP contribution in [0.5, 0.6) is 0 Å². The van der Waals surface area contributed by atoms with Gasteiger partial charge in [0.25, 0.3) is 0 Å². The lowest BCUT2D eigenvalue weighted by Gasteiger charge is -2.34. The number of likely N-dealkylation sites (tertiary alicyclic amines) is 1. The minimum absolute atomic E-state index is 0.114. The van der Waals surface area contributed by atoms with Crippen LogP contribution in [0.4, 0.5) is 4.79 Å². The SMILES string of the molecule is O=C(O)COC[C@H]1CCCCN1C(=O)OCc1ccccc1. The summed E-state index contributed by atoms with van der Waals surface area (Å²) in [4.78, 5) is 24.3. The van der Waals surface area contributed by atoms with Crippen molar-refractivity contribution in [3.8, 4) is 0 Å². The van der Waals surface area contributed by atoms with Crippen molar-refractivity contribution in [3.05, 3.63) is 35.9 Å². The number of ether oxygens (including phenoxy) is 2. The number of carbonyl (C=O) groups is 2. The second-order valence-corrected chi connectivity index (χ2v) is 5.29. The highest BCUT2D eigenvalue weighted by atomic mass is 16.6. The van der Waals surface area contributed by atoms with Gasteiger partial charge >= 0.3 is 12.1 Å². The third-order valence-corrected chi connectivity index (χ3v) is 3.60. The fraction of sp³-hybridized carbons (Fsp3) is 0.500. The number of benzene rings is 1. The van der Waals surface area contributed by atoms with E-state index in [1.165, 1.54) is 0 Å². The van der Waals surface area contributed by atoms with Gasteiger partial charge in [0.05, 0.1) is 12.6 Å². The van der Waals surface area contributed by atoms with Gasteiger partial charge in [0.2, 0.25) is 0 Å². The highest BCUT2D eigenvalue weighted by Gasteiger charge is 2.28. The lowest BCUT2D eigenvalue weighted by molar-refractivity contribution is -0.142. The molecule has 0 aliphatic carbocycles. The van der Waals surface area contributed by atoms with Crippen molar-refractivity contribution in [2.75, 3.05) is 19.8 Å². The van der Waals surface area contributed by atoms with Gasteiger partial charge in [-0.15, -0.1) is 0 Å². The second-order valence-electron chi connectivity index (χ2n) is 5.29. The van der Waals surface area contributed by atoms with Gasteiger partial charge in [-0.1, -0.05) is 30.3 Å². The molecule has 1 N–H and O–H groups in total. The second kappa shape index (κ2) is 8.38. The molecule has 1 fully saturated rings. The van der Waals surface area contributed by atoms with E-state index in [0.717, 1.165) is 24.8 Å². The zero-order valence-electron chi connectivity index (χ0n) is 12.4. The third-order valence-electron chi connectivity index (χ3n) is 3.60. The fourth-order valence-corrected chi connectivity index (χ4v) is 2.50. The molecular formula is C16H21NO5. The van der Waals surface area contributed by atoms with Crippen LogP contribution in [0.15, 0.2) is 30.3 Å². The van der Waals surface area contributed by atoms with E-state index in [0.29, 0.717) is 6.54 Å². The number of carboxylic acids is 1. The monoisotopic (exact) mass is 307 g/mol. The van der Waals surface area contributed by atoms with Crippen LogP contribution >= 0.6 is 0 Å². The van der Waals surface area contributed by atoms with Crippen LogP contribution in [-0.2, 0) is 20.9 Å². The van der Waals surface area contributed by atoms with Gasteiger partial charge in [-0.2, -0.15) is 0 Å². The van der Waals surface area contributed by atoms with Crippen molar-refractivity contribution in [1.29, 1.82) is 0 Å². The molecule has 0 radical (unpaired) electrons. The van der Waals surface area contributed by atoms with Gasteiger partial charge in [-0.05, 0) is 24.8 Å². The van der Waals surface area contributed by atoms with Crippen LogP contribution in [0, 0.1) is 0 Å². The van der Waals surface area contributed by atoms with Gasteiger partial charge in [0.1, 0.15) is 13.2 Å². The molecule has 1 aliphatic rings. The van der Waals surface area contributed by atoms with E-state index in [-0.39, 0.29) is 32.0 Å². The molecule has 0 aromatic heterocycles. The molecule has 0 saturated carbocycles. The van der Waals surface area contributed by atoms with Crippen molar-refractivity contribution in [3.63, 3.8) is 0 Å². The van der Waals surface area contributed by atoms with Crippen LogP contribution < -0.4 is 0 Å². The summed E-state index contributed by atoms with van der Waals surface area (Å²) in [5, 5.41) is 8.60. The summed E-state index contributed by atoms with van der Waals surface area (Å²) in [6.07, 6.45) is 2.37. The quantitative estimate of drug-likeness (QED) is 0.872. The van der Waals surface area contributed by atoms with E-state index < -0.39 is 5.97 Å². The average Bonchev–Trinajstić information content (AvgIpc) is 2.54. The van der Waals surface area contributed by atoms with E-state index in [1.54, 1.807) is 4.90 Å². The Morgan fingerprint density at radius 1 is 1.23 bits per heavy atom. The molecule has 2 rings (SSSR count). The number of piperidine rings is 1. The summed E-state index contributed by atoms with van der Waals surface area (Å²) in [5.41, 5.74) is 0.937. The summed E-state index contributed by atoms with van der Waals surface area (Å²) in [7, 11) is 0. The summed E-state index contributed by atoms with van der Waals surface area (Å²) >= 11 is 0. The number of hydrogen-bond acceptors (Lipinski definition) is 4. The van der Waals surface area contributed by atoms with Crippen LogP contribution in [0.1, 0.15) is 24.8 Å². The van der Waals surface area contributed by atoms with Gasteiger partial charge < -0.3 is 19.5 Å². The summed E-state index contributed by atoms with van der Waals surface area (Å²) in [6.45, 7) is 0.740. The first kappa shape index (κ1) is 16.3. The Morgan fingerprint density at radius 3 is 2.73 bits per heavy atom. The normalized spacial score (nSPS) is 18.0. The minimum Gasteiger partial charge on any atom is -0.480 e. The number of carbonyl (C=O) groups excluding carboxylic acids is 1. The molecule has 1 aliphatic heterocycles. The highest BCUT2D eigenvalue weighted by Crippen LogP contribution is 2.19. The lowest BCUT2D eigenvalue weighted by atomic mass is 10.0. The first-order valence-electron chi connectivity index (χ1n) is 7.43. The standard InChI is InChI=1S/C16H21NO5/c18-15(19)12-21-11-14-8-4-5-9-17(14)16(20)22-10-13-6-2-1-3-7-13/h1-3,6-7,14H,4-5,8-12H2,(H,18,19)/t14-/m1/s1. The topological polar surface area (TPSA) is 76.1 Å². The van der Waals surface area contributed by atoms with Gasteiger partial charge in [0.15, 0.2) is 0 Å². The van der Waals surface area contributed by atoms with Crippen molar-refractivity contribution in [2.24, 2.45) is 0 Å². The molecule has 1 atom stereocenters. The van der Waals surface area contributed by atoms with Gasteiger partial charge in [-0.25, -0.2) is 9.59 Å². The Balaban J connectivity index is 1.83. The molecule has 120 valence electrons. The smallest absolute Gasteiger partial charge is 0.410 e. The maximum Gasteiger partial charge on any atom is 0.410 e. The van der Waals surface area contributed by atoms with E-state index >= 15 is 0 Å². The minimum atomic E-state index is -1.01. The van der Waals surface area contributed by atoms with Crippen LogP contribution in [0.3, 0.4) is 0 Å². The maximum atomic E-state index is 12.2. The van der Waals surface area contributed by atoms with Crippen molar-refractivity contribution < 1.29 is 24.2 Å². The van der Waals surface area contributed by atoms with Crippen LogP contribution in [0.2, 0.25) is 0 Å². The molecule has 6 heteroatoms. The molecule has 1 aromatic carbocycles. The Labute approximate surface area is 129 Å². The molecule has 6 nitrogen and oxygen atoms in total. The van der Waals surface area contributed by atoms with Crippen molar-refractivity contribution in [1.82, 2.24) is 4.90 Å². The predicted molar refractivity (Wildman–Crippen MR) is 79.4 cm³/mol. The number of carboxylic acid groups (broad SMARTS) is 1. The highest BCUT2D eigenvalue weighted by molar-refractivity contribution is 5.68. The predicted octanol–water partition coefficient (Wildman–Crippen LogP) is 2.28. The molecule has 0 unspecified atom stereocenters. The summed E-state index contributed by atoms with van der Waals surface area (Å²) in [5.74, 6) is -1.01. The van der Waals surface area contributed by atoms with E-state index in [9.17, 15) is 9.59 Å². The van der Waals surface area contributed by atoms with Crippen LogP contribution in [0.25, 0.3) is 0 Å². The first-order chi connectivity index (χ1) is 10.7. The number of aliphatic carboxylic acids is 1. The van der Waals surface area contributed by atoms with E-state index in [4.69, 9.17) is 14.6 Å². The van der Waals surface area contributed by atoms with E-state index in [1.807, 2.05) is 30.3 Å². The molecule has 1 amide bonds. The molecular weight excluding hydrogens is 286 g/mol. The van der Waals surface area contributed by atoms with E-state index in [2.05, 4.69) is 0 Å². The molecule has 1 heterocycles. The van der Waals surface area contributed by atoms with Gasteiger partial charge in [0, 0.05) is 6.54 Å². The average molecular weight is 307 g/mol. The molecule has 1 aromatic rings. The third kappa shape index (κ3) is 5.04. The zero-order valence-corrected chi connectivity index (χ0v) is 12.4. The molecule has 0 spiro atoms. The Kier molecular flexibility index (Phi) is 6.21. The molecule has 0 bridgehead atoms. The molecule has 22 heavy (non-hydrogen) atoms. The first-order valence-corrected chi connectivity index (χ1v) is 7.43. The number of rotatable bonds is 6. The Morgan fingerprint density at radius 2 is 2.00 bits per heavy atom. The largest absolute Gasteiger partial charge is 0.480 e. The Hall–Kier alpha value is -2.08. The Bertz CT molecular complexity index is 491. The fourth-order valence-electron chi connectivity index (χ4n) is 2.50. The zero-order chi connectivity index (χ0) is 15.8. The number of hydrogen-bond donors (Lipinski definition) is 1. The van der Waals surface area contributed by atoms with Crippen LogP contribution in [-0.4, -0.2) is 47.9 Å². The number of amides is 1. The summed E-state index contributed by atoms with van der Waals surface area (Å²) in [6, 6.07) is 9.38. The number of nitrogens with zero attached hydrogens (tertiary/aromatic N) is 1. The lowest BCUT2D eigenvalue weighted by Crippen LogP contribution is -2.46. The molecule has 1 saturated heterocycles. The van der Waals surface area contributed by atoms with Crippen molar-refractivity contribution >= 4 is 12.1 Å². The van der Waals surface area contributed by atoms with Crippen molar-refractivity contribution in [2.45, 2.75) is 31.9 Å². The summed E-state index contributed by atoms with van der Waals surface area (Å²) < 4.78 is 10.5. The van der Waals surface area contributed by atoms with Gasteiger partial charge in [-0.3, -0.25) is 0 Å².